The van der Waals surface area contributed by atoms with E-state index in [0.717, 1.165) is 19.4 Å². The average Bonchev–Trinajstić information content (AvgIpc) is 2.28. The molecule has 0 spiro atoms. The first-order valence-electron chi connectivity index (χ1n) is 5.97. The fraction of sp³-hybridized carbons (Fsp3) is 0.900. The second kappa shape index (κ2) is 4.91. The van der Waals surface area contributed by atoms with Gasteiger partial charge in [-0.3, -0.25) is 4.79 Å². The van der Waals surface area contributed by atoms with Gasteiger partial charge >= 0.3 is 5.97 Å². The van der Waals surface area contributed by atoms with Crippen molar-refractivity contribution in [2.24, 2.45) is 0 Å². The molecule has 7 heteroatoms. The van der Waals surface area contributed by atoms with Crippen molar-refractivity contribution in [1.29, 1.82) is 0 Å². The molecule has 2 fully saturated rings. The lowest BCUT2D eigenvalue weighted by atomic mass is 10.1. The van der Waals surface area contributed by atoms with Crippen molar-refractivity contribution >= 4 is 16.0 Å². The van der Waals surface area contributed by atoms with Crippen LogP contribution in [0.1, 0.15) is 25.7 Å². The molecule has 0 aliphatic carbocycles. The van der Waals surface area contributed by atoms with Crippen LogP contribution >= 0.6 is 0 Å². The third kappa shape index (κ3) is 2.46. The van der Waals surface area contributed by atoms with Crippen LogP contribution in [0.4, 0.5) is 0 Å². The Bertz CT molecular complexity index is 389. The lowest BCUT2D eigenvalue weighted by Gasteiger charge is -2.38. The summed E-state index contributed by atoms with van der Waals surface area (Å²) in [6, 6.07) is -0.0732. The highest BCUT2D eigenvalue weighted by molar-refractivity contribution is 7.90. The zero-order chi connectivity index (χ0) is 12.5. The molecule has 2 unspecified atom stereocenters. The number of carboxylic acids is 1. The molecular formula is C10H18N2O4S. The highest BCUT2D eigenvalue weighted by atomic mass is 32.2. The number of nitrogens with one attached hydrogen (secondary N) is 1. The second-order valence-electron chi connectivity index (χ2n) is 4.62. The normalized spacial score (nSPS) is 34.4. The number of hydrogen-bond donors (Lipinski definition) is 2. The maximum atomic E-state index is 12.2. The second-order valence-corrected chi connectivity index (χ2v) is 6.69. The van der Waals surface area contributed by atoms with Crippen molar-refractivity contribution in [1.82, 2.24) is 9.62 Å². The Balaban J connectivity index is 2.18. The van der Waals surface area contributed by atoms with Gasteiger partial charge in [-0.25, -0.2) is 8.42 Å². The van der Waals surface area contributed by atoms with E-state index in [2.05, 4.69) is 5.32 Å². The zero-order valence-corrected chi connectivity index (χ0v) is 10.4. The minimum Gasteiger partial charge on any atom is -0.480 e. The van der Waals surface area contributed by atoms with Crippen molar-refractivity contribution < 1.29 is 18.3 Å². The average molecular weight is 262 g/mol. The van der Waals surface area contributed by atoms with Crippen LogP contribution in [0, 0.1) is 0 Å². The van der Waals surface area contributed by atoms with Crippen molar-refractivity contribution in [2.75, 3.05) is 19.6 Å². The van der Waals surface area contributed by atoms with Crippen molar-refractivity contribution in [2.45, 2.75) is 37.0 Å². The van der Waals surface area contributed by atoms with Gasteiger partial charge in [0.25, 0.3) is 0 Å². The first-order chi connectivity index (χ1) is 8.03. The van der Waals surface area contributed by atoms with Gasteiger partial charge in [0.15, 0.2) is 5.25 Å². The quantitative estimate of drug-likeness (QED) is 0.708. The molecule has 0 bridgehead atoms. The van der Waals surface area contributed by atoms with Gasteiger partial charge in [-0.15, -0.1) is 0 Å². The molecule has 2 saturated heterocycles. The van der Waals surface area contributed by atoms with Crippen LogP contribution in [0.3, 0.4) is 0 Å². The van der Waals surface area contributed by atoms with Crippen LogP contribution in [0.5, 0.6) is 0 Å². The molecule has 0 amide bonds. The van der Waals surface area contributed by atoms with E-state index in [1.54, 1.807) is 0 Å². The van der Waals surface area contributed by atoms with E-state index < -0.39 is 21.2 Å². The molecule has 0 aromatic carbocycles. The summed E-state index contributed by atoms with van der Waals surface area (Å²) in [7, 11) is -3.67. The fourth-order valence-electron chi connectivity index (χ4n) is 2.59. The molecular weight excluding hydrogens is 244 g/mol. The summed E-state index contributed by atoms with van der Waals surface area (Å²) in [5, 5.41) is 10.9. The summed E-state index contributed by atoms with van der Waals surface area (Å²) in [5.74, 6) is -1.22. The molecule has 0 saturated carbocycles. The molecule has 17 heavy (non-hydrogen) atoms. The summed E-state index contributed by atoms with van der Waals surface area (Å²) in [6.45, 7) is 2.00. The van der Waals surface area contributed by atoms with Crippen LogP contribution in [-0.2, 0) is 14.8 Å². The smallest absolute Gasteiger partial charge is 0.323 e. The zero-order valence-electron chi connectivity index (χ0n) is 9.63. The van der Waals surface area contributed by atoms with Crippen LogP contribution in [0.15, 0.2) is 0 Å². The van der Waals surface area contributed by atoms with E-state index in [-0.39, 0.29) is 12.5 Å². The first-order valence-corrected chi connectivity index (χ1v) is 7.48. The van der Waals surface area contributed by atoms with E-state index in [1.165, 1.54) is 4.31 Å². The molecule has 2 aliphatic heterocycles. The van der Waals surface area contributed by atoms with Gasteiger partial charge in [0.1, 0.15) is 0 Å². The first kappa shape index (κ1) is 12.8. The van der Waals surface area contributed by atoms with Crippen molar-refractivity contribution in [3.63, 3.8) is 0 Å². The van der Waals surface area contributed by atoms with E-state index in [4.69, 9.17) is 5.11 Å². The third-order valence-corrected chi connectivity index (χ3v) is 5.78. The monoisotopic (exact) mass is 262 g/mol. The van der Waals surface area contributed by atoms with Gasteiger partial charge in [0.2, 0.25) is 10.0 Å². The van der Waals surface area contributed by atoms with E-state index >= 15 is 0 Å². The number of carboxylic acid groups (broad SMARTS) is 1. The van der Waals surface area contributed by atoms with E-state index in [9.17, 15) is 13.2 Å². The number of aliphatic carboxylic acids is 1. The molecule has 0 aromatic heterocycles. The van der Waals surface area contributed by atoms with Crippen LogP contribution in [0.25, 0.3) is 0 Å². The van der Waals surface area contributed by atoms with Gasteiger partial charge in [-0.05, 0) is 32.2 Å². The minimum absolute atomic E-state index is 0.0732. The highest BCUT2D eigenvalue weighted by Gasteiger charge is 2.43. The predicted octanol–water partition coefficient (Wildman–Crippen LogP) is -0.383. The Kier molecular flexibility index (Phi) is 3.70. The number of carbonyl (C=O) groups is 1. The Hall–Kier alpha value is -0.660. The molecule has 2 atom stereocenters. The lowest BCUT2D eigenvalue weighted by Crippen LogP contribution is -2.55. The molecule has 0 radical (unpaired) electrons. The topological polar surface area (TPSA) is 86.7 Å². The SMILES string of the molecule is O=C(O)C1CCCN(C2CCCNC2)S1(=O)=O. The van der Waals surface area contributed by atoms with Crippen molar-refractivity contribution in [3.05, 3.63) is 0 Å². The number of hydrogen-bond acceptors (Lipinski definition) is 4. The van der Waals surface area contributed by atoms with Crippen LogP contribution < -0.4 is 5.32 Å². The minimum atomic E-state index is -3.67. The Morgan fingerprint density at radius 1 is 1.29 bits per heavy atom. The largest absolute Gasteiger partial charge is 0.480 e. The summed E-state index contributed by atoms with van der Waals surface area (Å²) in [6.07, 6.45) is 2.62. The molecule has 0 aromatic rings. The number of sulfonamides is 1. The third-order valence-electron chi connectivity index (χ3n) is 3.48. The van der Waals surface area contributed by atoms with Crippen LogP contribution in [-0.4, -0.2) is 54.7 Å². The number of nitrogens with zero attached hydrogens (tertiary/aromatic N) is 1. The van der Waals surface area contributed by atoms with Crippen molar-refractivity contribution in [3.8, 4) is 0 Å². The van der Waals surface area contributed by atoms with Gasteiger partial charge in [0.05, 0.1) is 0 Å². The lowest BCUT2D eigenvalue weighted by molar-refractivity contribution is -0.136. The summed E-state index contributed by atoms with van der Waals surface area (Å²) >= 11 is 0. The van der Waals surface area contributed by atoms with E-state index in [1.807, 2.05) is 0 Å². The van der Waals surface area contributed by atoms with Gasteiger partial charge in [-0.2, -0.15) is 4.31 Å². The molecule has 2 N–H and O–H groups in total. The van der Waals surface area contributed by atoms with E-state index in [0.29, 0.717) is 19.5 Å². The summed E-state index contributed by atoms with van der Waals surface area (Å²) in [5.41, 5.74) is 0. The summed E-state index contributed by atoms with van der Waals surface area (Å²) in [4.78, 5) is 11.0. The number of rotatable bonds is 2. The molecule has 2 heterocycles. The van der Waals surface area contributed by atoms with Gasteiger partial charge < -0.3 is 10.4 Å². The molecule has 6 nitrogen and oxygen atoms in total. The van der Waals surface area contributed by atoms with Gasteiger partial charge in [-0.1, -0.05) is 0 Å². The highest BCUT2D eigenvalue weighted by Crippen LogP contribution is 2.26. The molecule has 2 rings (SSSR count). The Morgan fingerprint density at radius 3 is 2.65 bits per heavy atom. The maximum Gasteiger partial charge on any atom is 0.323 e. The fourth-order valence-corrected chi connectivity index (χ4v) is 4.62. The van der Waals surface area contributed by atoms with Crippen LogP contribution in [0.2, 0.25) is 0 Å². The standard InChI is InChI=1S/C10H18N2O4S/c13-10(14)9-4-2-6-12(17(9,15)16)8-3-1-5-11-7-8/h8-9,11H,1-7H2,(H,13,14). The van der Waals surface area contributed by atoms with Gasteiger partial charge in [0, 0.05) is 19.1 Å². The Labute approximate surface area is 101 Å². The molecule has 98 valence electrons. The Morgan fingerprint density at radius 2 is 2.06 bits per heavy atom. The maximum absolute atomic E-state index is 12.2. The molecule has 2 aliphatic rings. The number of piperidine rings is 1. The predicted molar refractivity (Wildman–Crippen MR) is 62.2 cm³/mol. The summed E-state index contributed by atoms with van der Waals surface area (Å²) < 4.78 is 25.7.